The Morgan fingerprint density at radius 2 is 2.04 bits per heavy atom. The monoisotopic (exact) mass is 378 g/mol. The molecule has 0 aliphatic carbocycles. The van der Waals surface area contributed by atoms with Crippen molar-refractivity contribution in [2.75, 3.05) is 12.4 Å². The fourth-order valence-electron chi connectivity index (χ4n) is 1.97. The number of nitro benzene ring substituents is 1. The summed E-state index contributed by atoms with van der Waals surface area (Å²) in [7, 11) is 1.56. The number of anilines is 1. The van der Waals surface area contributed by atoms with Gasteiger partial charge in [-0.3, -0.25) is 15.5 Å². The molecule has 2 N–H and O–H groups in total. The van der Waals surface area contributed by atoms with E-state index in [-0.39, 0.29) is 15.8 Å². The molecule has 2 aromatic rings. The number of hydrogen-bond donors (Lipinski definition) is 2. The summed E-state index contributed by atoms with van der Waals surface area (Å²) in [5.41, 5.74) is 4.29. The van der Waals surface area contributed by atoms with Crippen molar-refractivity contribution in [2.24, 2.45) is 5.10 Å². The highest BCUT2D eigenvalue weighted by Gasteiger charge is 2.13. The second kappa shape index (κ2) is 8.41. The Labute approximate surface area is 154 Å². The Kier molecular flexibility index (Phi) is 6.26. The van der Waals surface area contributed by atoms with Crippen LogP contribution < -0.4 is 15.5 Å². The van der Waals surface area contributed by atoms with Crippen LogP contribution in [0.15, 0.2) is 47.6 Å². The van der Waals surface area contributed by atoms with E-state index >= 15 is 0 Å². The summed E-state index contributed by atoms with van der Waals surface area (Å²) in [6, 6.07) is 11.8. The van der Waals surface area contributed by atoms with Crippen molar-refractivity contribution in [1.29, 1.82) is 0 Å². The van der Waals surface area contributed by atoms with Crippen LogP contribution in [-0.4, -0.2) is 22.9 Å². The Morgan fingerprint density at radius 3 is 2.72 bits per heavy atom. The fourth-order valence-corrected chi connectivity index (χ4v) is 2.32. The van der Waals surface area contributed by atoms with Gasteiger partial charge in [0.05, 0.1) is 23.4 Å². The number of benzene rings is 2. The van der Waals surface area contributed by atoms with Gasteiger partial charge in [-0.15, -0.1) is 0 Å². The molecular formula is C16H15ClN4O3S. The van der Waals surface area contributed by atoms with Crippen molar-refractivity contribution >= 4 is 46.0 Å². The van der Waals surface area contributed by atoms with Gasteiger partial charge in [-0.25, -0.2) is 0 Å². The van der Waals surface area contributed by atoms with E-state index in [4.69, 9.17) is 28.6 Å². The minimum Gasteiger partial charge on any atom is -0.495 e. The average molecular weight is 379 g/mol. The number of nitro groups is 1. The number of methoxy groups -OCH3 is 1. The largest absolute Gasteiger partial charge is 0.495 e. The lowest BCUT2D eigenvalue weighted by atomic mass is 10.1. The van der Waals surface area contributed by atoms with Crippen molar-refractivity contribution in [1.82, 2.24) is 5.43 Å². The molecule has 0 atom stereocenters. The normalized spacial score (nSPS) is 10.9. The molecule has 0 amide bonds. The van der Waals surface area contributed by atoms with Crippen molar-refractivity contribution in [3.05, 3.63) is 63.2 Å². The van der Waals surface area contributed by atoms with Crippen molar-refractivity contribution in [3.8, 4) is 5.75 Å². The zero-order chi connectivity index (χ0) is 18.4. The van der Waals surface area contributed by atoms with E-state index < -0.39 is 4.92 Å². The van der Waals surface area contributed by atoms with Crippen LogP contribution in [0.4, 0.5) is 11.4 Å². The maximum Gasteiger partial charge on any atom is 0.288 e. The summed E-state index contributed by atoms with van der Waals surface area (Å²) in [5, 5.41) is 18.4. The molecule has 0 radical (unpaired) electrons. The van der Waals surface area contributed by atoms with Gasteiger partial charge in [-0.2, -0.15) is 5.10 Å². The number of nitrogens with zero attached hydrogens (tertiary/aromatic N) is 2. The highest BCUT2D eigenvalue weighted by atomic mass is 35.5. The molecule has 0 heterocycles. The second-order valence-electron chi connectivity index (χ2n) is 4.89. The maximum absolute atomic E-state index is 10.9. The van der Waals surface area contributed by atoms with Crippen LogP contribution in [-0.2, 0) is 0 Å². The average Bonchev–Trinajstić information content (AvgIpc) is 2.60. The van der Waals surface area contributed by atoms with Gasteiger partial charge < -0.3 is 10.1 Å². The standard InChI is InChI=1S/C16H15ClN4O3S/c1-10(11-7-8-12(17)14(9-11)21(22)23)19-20-16(25)18-13-5-3-4-6-15(13)24-2/h3-9H,1-2H3,(H2,18,20,25)/b19-10+. The summed E-state index contributed by atoms with van der Waals surface area (Å²) < 4.78 is 5.23. The van der Waals surface area contributed by atoms with Gasteiger partial charge in [-0.05, 0) is 37.3 Å². The van der Waals surface area contributed by atoms with E-state index in [1.54, 1.807) is 26.2 Å². The third kappa shape index (κ3) is 4.88. The molecule has 9 heteroatoms. The molecule has 0 saturated carbocycles. The number of halogens is 1. The highest BCUT2D eigenvalue weighted by Crippen LogP contribution is 2.25. The Bertz CT molecular complexity index is 842. The molecular weight excluding hydrogens is 364 g/mol. The Balaban J connectivity index is 2.09. The first kappa shape index (κ1) is 18.6. The number of ether oxygens (including phenoxy) is 1. The molecule has 2 rings (SSSR count). The van der Waals surface area contributed by atoms with Gasteiger partial charge in [0.25, 0.3) is 5.69 Å². The van der Waals surface area contributed by atoms with Crippen LogP contribution in [0.3, 0.4) is 0 Å². The van der Waals surface area contributed by atoms with Crippen LogP contribution in [0.25, 0.3) is 0 Å². The van der Waals surface area contributed by atoms with E-state index in [2.05, 4.69) is 15.8 Å². The zero-order valence-corrected chi connectivity index (χ0v) is 15.0. The van der Waals surface area contributed by atoms with Gasteiger partial charge in [0.15, 0.2) is 5.11 Å². The molecule has 0 aliphatic rings. The predicted octanol–water partition coefficient (Wildman–Crippen LogP) is 3.97. The van der Waals surface area contributed by atoms with Gasteiger partial charge in [-0.1, -0.05) is 29.8 Å². The lowest BCUT2D eigenvalue weighted by molar-refractivity contribution is -0.384. The van der Waals surface area contributed by atoms with Gasteiger partial charge >= 0.3 is 0 Å². The predicted molar refractivity (Wildman–Crippen MR) is 103 cm³/mol. The van der Waals surface area contributed by atoms with Gasteiger partial charge in [0.1, 0.15) is 10.8 Å². The summed E-state index contributed by atoms with van der Waals surface area (Å²) in [6.07, 6.45) is 0. The molecule has 7 nitrogen and oxygen atoms in total. The van der Waals surface area contributed by atoms with Gasteiger partial charge in [0, 0.05) is 11.6 Å². The number of nitrogens with one attached hydrogen (secondary N) is 2. The number of hydrazone groups is 1. The van der Waals surface area contributed by atoms with Crippen molar-refractivity contribution < 1.29 is 9.66 Å². The van der Waals surface area contributed by atoms with E-state index in [1.807, 2.05) is 18.2 Å². The Hall–Kier alpha value is -2.71. The summed E-state index contributed by atoms with van der Waals surface area (Å²) in [4.78, 5) is 10.4. The molecule has 2 aromatic carbocycles. The van der Waals surface area contributed by atoms with E-state index in [9.17, 15) is 10.1 Å². The molecule has 130 valence electrons. The number of thiocarbonyl (C=S) groups is 1. The molecule has 0 bridgehead atoms. The molecule has 25 heavy (non-hydrogen) atoms. The zero-order valence-electron chi connectivity index (χ0n) is 13.4. The second-order valence-corrected chi connectivity index (χ2v) is 5.70. The van der Waals surface area contributed by atoms with Crippen LogP contribution in [0.1, 0.15) is 12.5 Å². The molecule has 0 fully saturated rings. The lowest BCUT2D eigenvalue weighted by Gasteiger charge is -2.11. The summed E-state index contributed by atoms with van der Waals surface area (Å²) >= 11 is 11.0. The Morgan fingerprint density at radius 1 is 1.32 bits per heavy atom. The fraction of sp³-hybridized carbons (Fsp3) is 0.125. The highest BCUT2D eigenvalue weighted by molar-refractivity contribution is 7.80. The minimum atomic E-state index is -0.541. The minimum absolute atomic E-state index is 0.0721. The molecule has 0 spiro atoms. The first-order valence-corrected chi connectivity index (χ1v) is 7.89. The van der Waals surface area contributed by atoms with E-state index in [1.165, 1.54) is 12.1 Å². The van der Waals surface area contributed by atoms with E-state index in [0.717, 1.165) is 0 Å². The third-order valence-electron chi connectivity index (χ3n) is 3.24. The first-order chi connectivity index (χ1) is 11.9. The summed E-state index contributed by atoms with van der Waals surface area (Å²) in [5.74, 6) is 0.640. The van der Waals surface area contributed by atoms with Crippen LogP contribution in [0.2, 0.25) is 5.02 Å². The molecule has 0 aromatic heterocycles. The van der Waals surface area contributed by atoms with Crippen LogP contribution >= 0.6 is 23.8 Å². The van der Waals surface area contributed by atoms with Crippen LogP contribution in [0.5, 0.6) is 5.75 Å². The third-order valence-corrected chi connectivity index (χ3v) is 3.75. The van der Waals surface area contributed by atoms with Crippen LogP contribution in [0, 0.1) is 10.1 Å². The number of rotatable bonds is 5. The molecule has 0 saturated heterocycles. The lowest BCUT2D eigenvalue weighted by Crippen LogP contribution is -2.25. The SMILES string of the molecule is COc1ccccc1NC(=S)N/N=C(\C)c1ccc(Cl)c([N+](=O)[O-])c1. The molecule has 0 unspecified atom stereocenters. The quantitative estimate of drug-likeness (QED) is 0.354. The first-order valence-electron chi connectivity index (χ1n) is 7.11. The molecule has 0 aliphatic heterocycles. The topological polar surface area (TPSA) is 88.8 Å². The van der Waals surface area contributed by atoms with Crippen molar-refractivity contribution in [3.63, 3.8) is 0 Å². The van der Waals surface area contributed by atoms with E-state index in [0.29, 0.717) is 22.7 Å². The number of hydrogen-bond acceptors (Lipinski definition) is 5. The van der Waals surface area contributed by atoms with Crippen molar-refractivity contribution in [2.45, 2.75) is 6.92 Å². The smallest absolute Gasteiger partial charge is 0.288 e. The summed E-state index contributed by atoms with van der Waals surface area (Å²) in [6.45, 7) is 1.70. The maximum atomic E-state index is 10.9. The van der Waals surface area contributed by atoms with Gasteiger partial charge in [0.2, 0.25) is 0 Å². The number of para-hydroxylation sites is 2.